The van der Waals surface area contributed by atoms with E-state index in [1.807, 2.05) is 0 Å². The Labute approximate surface area is 240 Å². The highest BCUT2D eigenvalue weighted by Gasteiger charge is 2.39. The van der Waals surface area contributed by atoms with Gasteiger partial charge in [0.1, 0.15) is 29.8 Å². The lowest BCUT2D eigenvalue weighted by atomic mass is 9.92. The summed E-state index contributed by atoms with van der Waals surface area (Å²) in [5, 5.41) is 14.0. The number of rotatable bonds is 8. The summed E-state index contributed by atoms with van der Waals surface area (Å²) in [5.41, 5.74) is -1.20. The molecule has 0 spiro atoms. The summed E-state index contributed by atoms with van der Waals surface area (Å²) in [7, 11) is 0. The van der Waals surface area contributed by atoms with Gasteiger partial charge in [-0.25, -0.2) is 4.39 Å². The number of hydrogen-bond donors (Lipinski definition) is 1. The zero-order valence-electron chi connectivity index (χ0n) is 23.2. The van der Waals surface area contributed by atoms with Crippen LogP contribution in [0.15, 0.2) is 36.4 Å². The van der Waals surface area contributed by atoms with Crippen molar-refractivity contribution in [2.45, 2.75) is 69.5 Å². The quantitative estimate of drug-likeness (QED) is 0.260. The first-order chi connectivity index (χ1) is 20.0. The van der Waals surface area contributed by atoms with Crippen molar-refractivity contribution in [1.29, 1.82) is 0 Å². The van der Waals surface area contributed by atoms with Crippen molar-refractivity contribution in [3.63, 3.8) is 0 Å². The number of carbonyl (C=O) groups is 1. The lowest BCUT2D eigenvalue weighted by Gasteiger charge is -2.39. The average molecular weight is 595 g/mol. The number of ether oxygens (including phenoxy) is 2. The Morgan fingerprint density at radius 2 is 1.83 bits per heavy atom. The number of hydrogen-bond acceptors (Lipinski definition) is 7. The molecule has 2 fully saturated rings. The third-order valence-corrected chi connectivity index (χ3v) is 8.49. The highest BCUT2D eigenvalue weighted by Crippen LogP contribution is 2.38. The van der Waals surface area contributed by atoms with E-state index < -0.39 is 22.4 Å². The highest BCUT2D eigenvalue weighted by atomic mass is 19.4. The van der Waals surface area contributed by atoms with Crippen LogP contribution in [0.4, 0.5) is 28.9 Å². The molecule has 1 saturated carbocycles. The van der Waals surface area contributed by atoms with Crippen LogP contribution >= 0.6 is 0 Å². The lowest BCUT2D eigenvalue weighted by molar-refractivity contribution is -0.388. The van der Waals surface area contributed by atoms with Crippen LogP contribution < -0.4 is 10.1 Å². The predicted molar refractivity (Wildman–Crippen MR) is 146 cm³/mol. The molecule has 42 heavy (non-hydrogen) atoms. The average Bonchev–Trinajstić information content (AvgIpc) is 3.39. The van der Waals surface area contributed by atoms with E-state index in [0.717, 1.165) is 23.4 Å². The van der Waals surface area contributed by atoms with Crippen LogP contribution in [0.2, 0.25) is 0 Å². The standard InChI is InChI=1S/C29H34F4N4O5/c1-18(27-15-19-14-20(30)2-9-26(19)42-27)35-10-12-36(13-11-35)28(38)17-41-23-6-3-21(4-7-23)34-22-5-8-25(37(39)40)24(16-22)29(31,32)33/h2,5,8-9,14,16,18,21,23,27,34H,3-4,6-7,10-13,15,17H2,1H3/t18-,21?,23?,27?/m0/s1. The summed E-state index contributed by atoms with van der Waals surface area (Å²) in [6.45, 7) is 4.62. The SMILES string of the molecule is C[C@@H](C1Cc2cc(F)ccc2O1)N1CCN(C(=O)COC2CCC(Nc3ccc([N+](=O)[O-])c(C(F)(F)F)c3)CC2)CC1. The maximum Gasteiger partial charge on any atom is 0.423 e. The van der Waals surface area contributed by atoms with Gasteiger partial charge in [0, 0.05) is 62.0 Å². The highest BCUT2D eigenvalue weighted by molar-refractivity contribution is 5.77. The predicted octanol–water partition coefficient (Wildman–Crippen LogP) is 5.03. The zero-order valence-corrected chi connectivity index (χ0v) is 23.2. The van der Waals surface area contributed by atoms with Gasteiger partial charge in [-0.15, -0.1) is 0 Å². The number of nitrogens with zero attached hydrogens (tertiary/aromatic N) is 3. The van der Waals surface area contributed by atoms with Gasteiger partial charge in [-0.05, 0) is 62.9 Å². The Morgan fingerprint density at radius 1 is 1.12 bits per heavy atom. The fourth-order valence-corrected chi connectivity index (χ4v) is 6.03. The van der Waals surface area contributed by atoms with Crippen LogP contribution in [0.3, 0.4) is 0 Å². The summed E-state index contributed by atoms with van der Waals surface area (Å²) in [5.74, 6) is 0.383. The number of benzene rings is 2. The van der Waals surface area contributed by atoms with Crippen molar-refractivity contribution in [3.8, 4) is 5.75 Å². The molecule has 5 rings (SSSR count). The van der Waals surface area contributed by atoms with Gasteiger partial charge >= 0.3 is 6.18 Å². The number of carbonyl (C=O) groups excluding carboxylic acids is 1. The van der Waals surface area contributed by atoms with Crippen molar-refractivity contribution in [2.75, 3.05) is 38.1 Å². The van der Waals surface area contributed by atoms with Gasteiger partial charge in [0.25, 0.3) is 5.69 Å². The molecule has 2 aromatic rings. The second-order valence-corrected chi connectivity index (χ2v) is 11.2. The number of fused-ring (bicyclic) bond motifs is 1. The van der Waals surface area contributed by atoms with E-state index >= 15 is 0 Å². The topological polar surface area (TPSA) is 97.2 Å². The number of nitrogens with one attached hydrogen (secondary N) is 1. The van der Waals surface area contributed by atoms with Gasteiger partial charge in [-0.1, -0.05) is 0 Å². The number of anilines is 1. The molecule has 1 saturated heterocycles. The minimum atomic E-state index is -4.83. The third-order valence-electron chi connectivity index (χ3n) is 8.49. The normalized spacial score (nSPS) is 23.6. The van der Waals surface area contributed by atoms with E-state index in [2.05, 4.69) is 17.1 Å². The fraction of sp³-hybridized carbons (Fsp3) is 0.552. The van der Waals surface area contributed by atoms with Gasteiger partial charge in [0.2, 0.25) is 5.91 Å². The maximum absolute atomic E-state index is 13.6. The molecule has 3 aliphatic rings. The Kier molecular flexibility index (Phi) is 8.88. The van der Waals surface area contributed by atoms with Crippen molar-refractivity contribution in [2.24, 2.45) is 0 Å². The Balaban J connectivity index is 1.02. The van der Waals surface area contributed by atoms with Crippen LogP contribution in [0.5, 0.6) is 5.75 Å². The summed E-state index contributed by atoms with van der Waals surface area (Å²) in [6, 6.07) is 7.54. The first kappa shape index (κ1) is 30.0. The smallest absolute Gasteiger partial charge is 0.423 e. The molecule has 2 aliphatic heterocycles. The number of halogens is 4. The first-order valence-corrected chi connectivity index (χ1v) is 14.2. The Hall–Kier alpha value is -3.45. The molecule has 0 bridgehead atoms. The van der Waals surface area contributed by atoms with E-state index in [9.17, 15) is 32.5 Å². The van der Waals surface area contributed by atoms with E-state index in [1.54, 1.807) is 11.0 Å². The largest absolute Gasteiger partial charge is 0.488 e. The molecule has 13 heteroatoms. The van der Waals surface area contributed by atoms with Crippen molar-refractivity contribution in [3.05, 3.63) is 63.5 Å². The van der Waals surface area contributed by atoms with Gasteiger partial charge < -0.3 is 19.7 Å². The molecule has 228 valence electrons. The van der Waals surface area contributed by atoms with Crippen LogP contribution in [-0.2, 0) is 22.1 Å². The van der Waals surface area contributed by atoms with Gasteiger partial charge in [0.05, 0.1) is 11.0 Å². The molecule has 2 atom stereocenters. The van der Waals surface area contributed by atoms with Crippen molar-refractivity contribution >= 4 is 17.3 Å². The van der Waals surface area contributed by atoms with E-state index in [4.69, 9.17) is 9.47 Å². The second-order valence-electron chi connectivity index (χ2n) is 11.2. The van der Waals surface area contributed by atoms with Gasteiger partial charge in [0.15, 0.2) is 0 Å². The molecule has 2 aromatic carbocycles. The molecule has 1 aliphatic carbocycles. The molecule has 2 heterocycles. The molecule has 0 aromatic heterocycles. The summed E-state index contributed by atoms with van der Waals surface area (Å²) in [6.07, 6.45) is -1.82. The van der Waals surface area contributed by atoms with E-state index in [1.165, 1.54) is 18.2 Å². The second kappa shape index (κ2) is 12.4. The molecule has 1 amide bonds. The van der Waals surface area contributed by atoms with Crippen LogP contribution in [0, 0.1) is 15.9 Å². The first-order valence-electron chi connectivity index (χ1n) is 14.2. The minimum Gasteiger partial charge on any atom is -0.488 e. The fourth-order valence-electron chi connectivity index (χ4n) is 6.03. The number of nitro benzene ring substituents is 1. The summed E-state index contributed by atoms with van der Waals surface area (Å²) in [4.78, 5) is 26.8. The molecule has 0 radical (unpaired) electrons. The van der Waals surface area contributed by atoms with Crippen LogP contribution in [0.25, 0.3) is 0 Å². The zero-order chi connectivity index (χ0) is 30.0. The number of amides is 1. The third kappa shape index (κ3) is 6.95. The molecule has 1 N–H and O–H groups in total. The van der Waals surface area contributed by atoms with Crippen molar-refractivity contribution in [1.82, 2.24) is 9.80 Å². The summed E-state index contributed by atoms with van der Waals surface area (Å²) >= 11 is 0. The minimum absolute atomic E-state index is 0.0256. The van der Waals surface area contributed by atoms with E-state index in [-0.39, 0.29) is 48.3 Å². The Morgan fingerprint density at radius 3 is 2.50 bits per heavy atom. The lowest BCUT2D eigenvalue weighted by Crippen LogP contribution is -2.55. The molecule has 1 unspecified atom stereocenters. The maximum atomic E-state index is 13.6. The summed E-state index contributed by atoms with van der Waals surface area (Å²) < 4.78 is 65.3. The van der Waals surface area contributed by atoms with Gasteiger partial charge in [-0.2, -0.15) is 13.2 Å². The van der Waals surface area contributed by atoms with E-state index in [0.29, 0.717) is 58.3 Å². The molecule has 9 nitrogen and oxygen atoms in total. The van der Waals surface area contributed by atoms with Crippen LogP contribution in [0.1, 0.15) is 43.7 Å². The number of nitro groups is 1. The monoisotopic (exact) mass is 594 g/mol. The Bertz CT molecular complexity index is 1290. The number of piperazine rings is 1. The van der Waals surface area contributed by atoms with Crippen molar-refractivity contribution < 1.29 is 36.8 Å². The van der Waals surface area contributed by atoms with Crippen LogP contribution in [-0.4, -0.2) is 77.7 Å². The van der Waals surface area contributed by atoms with Gasteiger partial charge in [-0.3, -0.25) is 19.8 Å². The number of alkyl halides is 3. The molecular formula is C29H34F4N4O5. The molecular weight excluding hydrogens is 560 g/mol.